The molecule has 2 heterocycles. The van der Waals surface area contributed by atoms with E-state index in [0.29, 0.717) is 20.9 Å². The van der Waals surface area contributed by atoms with E-state index in [1.165, 1.54) is 45.9 Å². The van der Waals surface area contributed by atoms with E-state index in [1.807, 2.05) is 0 Å². The summed E-state index contributed by atoms with van der Waals surface area (Å²) in [6, 6.07) is 6.79. The van der Waals surface area contributed by atoms with Gasteiger partial charge in [0, 0.05) is 48.1 Å². The van der Waals surface area contributed by atoms with Crippen molar-refractivity contribution in [2.24, 2.45) is 0 Å². The van der Waals surface area contributed by atoms with Gasteiger partial charge in [0.25, 0.3) is 20.2 Å². The molecule has 2 N–H and O–H groups in total. The summed E-state index contributed by atoms with van der Waals surface area (Å²) in [5.41, 5.74) is 0.979. The Kier molecular flexibility index (Phi) is 12.0. The van der Waals surface area contributed by atoms with Crippen LogP contribution in [0.2, 0.25) is 20.1 Å². The first-order valence-corrected chi connectivity index (χ1v) is 18.9. The van der Waals surface area contributed by atoms with Crippen molar-refractivity contribution in [3.8, 4) is 0 Å². The average molecular weight is 759 g/mol. The molecule has 0 aromatic heterocycles. The first kappa shape index (κ1) is 36.0. The fraction of sp³-hybridized carbons (Fsp3) is 0.357. The van der Waals surface area contributed by atoms with Crippen molar-refractivity contribution in [2.45, 2.75) is 46.0 Å². The van der Waals surface area contributed by atoms with Gasteiger partial charge in [-0.1, -0.05) is 70.3 Å². The van der Waals surface area contributed by atoms with Crippen LogP contribution in [-0.2, 0) is 29.8 Å². The Hall–Kier alpha value is -1.81. The topological polar surface area (TPSA) is 149 Å². The summed E-state index contributed by atoms with van der Waals surface area (Å²) < 4.78 is 63.7. The summed E-state index contributed by atoms with van der Waals surface area (Å²) in [6.07, 6.45) is 6.30. The van der Waals surface area contributed by atoms with Crippen LogP contribution in [0.3, 0.4) is 0 Å². The fourth-order valence-corrected chi connectivity index (χ4v) is 8.56. The van der Waals surface area contributed by atoms with E-state index in [1.54, 1.807) is 24.3 Å². The van der Waals surface area contributed by atoms with Gasteiger partial charge in [-0.15, -0.1) is 0 Å². The zero-order valence-electron chi connectivity index (χ0n) is 23.4. The smallest absolute Gasteiger partial charge is 0.267 e. The number of piperidine rings is 2. The van der Waals surface area contributed by atoms with Gasteiger partial charge >= 0.3 is 0 Å². The van der Waals surface area contributed by atoms with Gasteiger partial charge in [-0.25, -0.2) is 0 Å². The molecule has 2 amide bonds. The van der Waals surface area contributed by atoms with Crippen LogP contribution >= 0.6 is 58.2 Å². The summed E-state index contributed by atoms with van der Waals surface area (Å²) >= 11 is 27.3. The van der Waals surface area contributed by atoms with Gasteiger partial charge in [-0.2, -0.15) is 16.8 Å². The second-order valence-electron chi connectivity index (χ2n) is 10.4. The molecule has 17 heteroatoms. The van der Waals surface area contributed by atoms with Crippen LogP contribution in [0.5, 0.6) is 0 Å². The van der Waals surface area contributed by atoms with E-state index in [-0.39, 0.29) is 83.8 Å². The Morgan fingerprint density at radius 1 is 0.644 bits per heavy atom. The van der Waals surface area contributed by atoms with Gasteiger partial charge < -0.3 is 9.80 Å². The minimum absolute atomic E-state index is 0.153. The number of amides is 2. The van der Waals surface area contributed by atoms with Gasteiger partial charge in [0.05, 0.1) is 30.6 Å². The van der Waals surface area contributed by atoms with Crippen LogP contribution in [0.25, 0.3) is 12.2 Å². The molecule has 0 saturated carbocycles. The lowest BCUT2D eigenvalue weighted by Crippen LogP contribution is -2.41. The van der Waals surface area contributed by atoms with E-state index < -0.39 is 30.7 Å². The molecule has 2 fully saturated rings. The number of hydrogen-bond donors (Lipinski definition) is 2. The number of nitrogens with zero attached hydrogens (tertiary/aromatic N) is 2. The van der Waals surface area contributed by atoms with Crippen molar-refractivity contribution >= 4 is 102 Å². The molecular weight excluding hydrogens is 730 g/mol. The number of benzene rings is 2. The Labute approximate surface area is 285 Å². The Bertz CT molecular complexity index is 1620. The highest BCUT2D eigenvalue weighted by atomic mass is 35.5. The average Bonchev–Trinajstić information content (AvgIpc) is 2.99. The standard InChI is InChI=1S/C28H28Cl4N2O8S3/c29-25-17(3-7-23(35)33-13-9-19(10-14-33)44(37,38)39)1-5-21(27(25)31)43-22-6-2-18(26(30)28(22)32)4-8-24(36)34-15-11-20(12-16-34)45(40,41)42/h1-8,19-20H,9-16H2,(H,37,38,39)(H,40,41,42)/b7-3+,8-4+. The molecule has 2 aromatic rings. The van der Waals surface area contributed by atoms with E-state index in [9.17, 15) is 35.5 Å². The van der Waals surface area contributed by atoms with Crippen molar-refractivity contribution in [1.29, 1.82) is 0 Å². The number of halogens is 4. The molecule has 4 rings (SSSR count). The fourth-order valence-electron chi connectivity index (χ4n) is 4.91. The maximum absolute atomic E-state index is 12.6. The maximum atomic E-state index is 12.6. The van der Waals surface area contributed by atoms with E-state index in [0.717, 1.165) is 0 Å². The van der Waals surface area contributed by atoms with Crippen LogP contribution < -0.4 is 0 Å². The van der Waals surface area contributed by atoms with Crippen LogP contribution in [-0.4, -0.2) is 84.2 Å². The molecule has 0 bridgehead atoms. The number of rotatable bonds is 8. The Balaban J connectivity index is 1.39. The normalized spacial score (nSPS) is 17.5. The monoisotopic (exact) mass is 756 g/mol. The molecule has 2 aromatic carbocycles. The molecule has 0 radical (unpaired) electrons. The molecule has 2 aliphatic heterocycles. The lowest BCUT2D eigenvalue weighted by atomic mass is 10.1. The molecule has 2 aliphatic rings. The highest BCUT2D eigenvalue weighted by Crippen LogP contribution is 2.44. The van der Waals surface area contributed by atoms with Gasteiger partial charge in [0.15, 0.2) is 0 Å². The van der Waals surface area contributed by atoms with E-state index in [4.69, 9.17) is 46.4 Å². The summed E-state index contributed by atoms with van der Waals surface area (Å²) in [5, 5.41) is -0.882. The largest absolute Gasteiger partial charge is 0.339 e. The molecule has 45 heavy (non-hydrogen) atoms. The number of carbonyl (C=O) groups excluding carboxylic acids is 2. The molecular formula is C28H28Cl4N2O8S3. The van der Waals surface area contributed by atoms with Crippen molar-refractivity contribution < 1.29 is 35.5 Å². The summed E-state index contributed by atoms with van der Waals surface area (Å²) in [4.78, 5) is 29.3. The lowest BCUT2D eigenvalue weighted by molar-refractivity contribution is -0.127. The molecule has 244 valence electrons. The zero-order chi connectivity index (χ0) is 33.1. The van der Waals surface area contributed by atoms with Crippen molar-refractivity contribution in [3.63, 3.8) is 0 Å². The highest BCUT2D eigenvalue weighted by molar-refractivity contribution is 7.99. The quantitative estimate of drug-likeness (QED) is 0.236. The zero-order valence-corrected chi connectivity index (χ0v) is 28.9. The minimum atomic E-state index is -4.13. The SMILES string of the molecule is O=C(/C=C/c1ccc(Sc2ccc(/C=C/C(=O)N3CCC(S(=O)(=O)O)CC3)c(Cl)c2Cl)c(Cl)c1Cl)N1CCC(S(=O)(=O)O)CC1. The van der Waals surface area contributed by atoms with Crippen LogP contribution in [0, 0.1) is 0 Å². The summed E-state index contributed by atoms with van der Waals surface area (Å²) in [5.74, 6) is -0.651. The molecule has 0 aliphatic carbocycles. The van der Waals surface area contributed by atoms with Crippen molar-refractivity contribution in [3.05, 3.63) is 67.6 Å². The number of likely N-dealkylation sites (tertiary alicyclic amines) is 2. The maximum Gasteiger partial charge on any atom is 0.267 e. The first-order chi connectivity index (χ1) is 21.1. The van der Waals surface area contributed by atoms with Gasteiger partial charge in [0.1, 0.15) is 0 Å². The van der Waals surface area contributed by atoms with Gasteiger partial charge in [-0.3, -0.25) is 18.7 Å². The van der Waals surface area contributed by atoms with Gasteiger partial charge in [-0.05, 0) is 61.1 Å². The highest BCUT2D eigenvalue weighted by Gasteiger charge is 2.30. The van der Waals surface area contributed by atoms with Crippen LogP contribution in [0.1, 0.15) is 36.8 Å². The first-order valence-electron chi connectivity index (χ1n) is 13.6. The third kappa shape index (κ3) is 9.17. The summed E-state index contributed by atoms with van der Waals surface area (Å²) in [6.45, 7) is 0.795. The van der Waals surface area contributed by atoms with Crippen LogP contribution in [0.15, 0.2) is 46.2 Å². The summed E-state index contributed by atoms with van der Waals surface area (Å²) in [7, 11) is -8.26. The van der Waals surface area contributed by atoms with Crippen LogP contribution in [0.4, 0.5) is 0 Å². The second-order valence-corrected chi connectivity index (χ2v) is 16.4. The van der Waals surface area contributed by atoms with E-state index >= 15 is 0 Å². The molecule has 0 atom stereocenters. The predicted molar refractivity (Wildman–Crippen MR) is 177 cm³/mol. The molecule has 10 nitrogen and oxygen atoms in total. The third-order valence-corrected chi connectivity index (χ3v) is 13.3. The molecule has 0 unspecified atom stereocenters. The number of hydrogen-bond acceptors (Lipinski definition) is 7. The third-order valence-electron chi connectivity index (χ3n) is 7.53. The minimum Gasteiger partial charge on any atom is -0.339 e. The lowest BCUT2D eigenvalue weighted by Gasteiger charge is -2.29. The van der Waals surface area contributed by atoms with E-state index in [2.05, 4.69) is 0 Å². The van der Waals surface area contributed by atoms with Crippen molar-refractivity contribution in [1.82, 2.24) is 9.80 Å². The van der Waals surface area contributed by atoms with Crippen molar-refractivity contribution in [2.75, 3.05) is 26.2 Å². The number of carbonyl (C=O) groups is 2. The predicted octanol–water partition coefficient (Wildman–Crippen LogP) is 6.24. The molecule has 2 saturated heterocycles. The Morgan fingerprint density at radius 2 is 0.978 bits per heavy atom. The molecule has 0 spiro atoms. The second kappa shape index (κ2) is 15.0. The van der Waals surface area contributed by atoms with Gasteiger partial charge in [0.2, 0.25) is 11.8 Å². The Morgan fingerprint density at radius 3 is 1.29 bits per heavy atom.